The van der Waals surface area contributed by atoms with Crippen LogP contribution in [0.1, 0.15) is 24.7 Å². The highest BCUT2D eigenvalue weighted by Crippen LogP contribution is 2.25. The number of benzene rings is 1. The first-order chi connectivity index (χ1) is 10.2. The molecule has 0 saturated heterocycles. The Morgan fingerprint density at radius 2 is 2.23 bits per heavy atom. The minimum atomic E-state index is -0.396. The van der Waals surface area contributed by atoms with E-state index in [0.29, 0.717) is 5.75 Å². The first-order valence-electron chi connectivity index (χ1n) is 6.59. The molecule has 9 heteroatoms. The van der Waals surface area contributed by atoms with Gasteiger partial charge in [-0.2, -0.15) is 9.78 Å². The third-order valence-electron chi connectivity index (χ3n) is 3.10. The number of nitro benzene ring substituents is 1. The van der Waals surface area contributed by atoms with E-state index < -0.39 is 4.92 Å². The number of thioether (sulfide) groups is 1. The Hall–Kier alpha value is -1.74. The van der Waals surface area contributed by atoms with E-state index in [-0.39, 0.29) is 22.7 Å². The summed E-state index contributed by atoms with van der Waals surface area (Å²) >= 11 is 1.54. The zero-order valence-corrected chi connectivity index (χ0v) is 14.3. The largest absolute Gasteiger partial charge is 0.270 e. The van der Waals surface area contributed by atoms with Crippen LogP contribution in [0.25, 0.3) is 0 Å². The fourth-order valence-electron chi connectivity index (χ4n) is 2.09. The Morgan fingerprint density at radius 3 is 2.95 bits per heavy atom. The van der Waals surface area contributed by atoms with Gasteiger partial charge in [0.25, 0.3) is 5.69 Å². The maximum atomic E-state index is 10.9. The van der Waals surface area contributed by atoms with Gasteiger partial charge in [-0.15, -0.1) is 27.2 Å². The van der Waals surface area contributed by atoms with Crippen LogP contribution in [0.4, 0.5) is 5.69 Å². The molecule has 0 N–H and O–H groups in total. The molecule has 7 nitrogen and oxygen atoms in total. The van der Waals surface area contributed by atoms with Crippen LogP contribution in [0.3, 0.4) is 0 Å². The van der Waals surface area contributed by atoms with Gasteiger partial charge in [0.05, 0.1) is 10.6 Å². The summed E-state index contributed by atoms with van der Waals surface area (Å²) in [5, 5.41) is 24.4. The Labute approximate surface area is 141 Å². The third-order valence-corrected chi connectivity index (χ3v) is 4.03. The highest BCUT2D eigenvalue weighted by Gasteiger charge is 2.20. The molecule has 0 amide bonds. The van der Waals surface area contributed by atoms with Crippen LogP contribution in [0.5, 0.6) is 0 Å². The van der Waals surface area contributed by atoms with Gasteiger partial charge >= 0.3 is 0 Å². The van der Waals surface area contributed by atoms with Crippen molar-refractivity contribution >= 4 is 40.1 Å². The molecule has 0 atom stereocenters. The summed E-state index contributed by atoms with van der Waals surface area (Å²) in [7, 11) is 0. The minimum Gasteiger partial charge on any atom is -0.258 e. The van der Waals surface area contributed by atoms with Gasteiger partial charge in [-0.25, -0.2) is 0 Å². The van der Waals surface area contributed by atoms with Crippen molar-refractivity contribution in [1.82, 2.24) is 14.9 Å². The highest BCUT2D eigenvalue weighted by atomic mass is 79.9. The summed E-state index contributed by atoms with van der Waals surface area (Å²) in [5.41, 5.74) is 1.63. The smallest absolute Gasteiger partial charge is 0.258 e. The number of nitro groups is 1. The lowest BCUT2D eigenvalue weighted by molar-refractivity contribution is -0.384. The quantitative estimate of drug-likeness (QED) is 0.597. The number of non-ortho nitro benzene ring substituents is 1. The predicted molar refractivity (Wildman–Crippen MR) is 90.1 cm³/mol. The number of hydrogen-bond acceptors (Lipinski definition) is 6. The van der Waals surface area contributed by atoms with E-state index in [4.69, 9.17) is 0 Å². The fourth-order valence-corrected chi connectivity index (χ4v) is 2.95. The molecular formula is C13H14BrN5O2S. The van der Waals surface area contributed by atoms with Crippen molar-refractivity contribution in [2.75, 3.05) is 5.75 Å². The van der Waals surface area contributed by atoms with Crippen LogP contribution < -0.4 is 0 Å². The average molecular weight is 384 g/mol. The second-order valence-corrected chi connectivity index (χ2v) is 5.55. The average Bonchev–Trinajstić information content (AvgIpc) is 2.90. The number of nitrogens with zero attached hydrogens (tertiary/aromatic N) is 5. The van der Waals surface area contributed by atoms with Gasteiger partial charge in [0.1, 0.15) is 0 Å². The van der Waals surface area contributed by atoms with Crippen molar-refractivity contribution in [3.63, 3.8) is 0 Å². The SMILES string of the molecule is Br.CCCc1nnc2n1N=C(c1cccc([N+](=O)[O-])c1)CS2. The molecule has 0 fully saturated rings. The van der Waals surface area contributed by atoms with Crippen LogP contribution in [0, 0.1) is 10.1 Å². The lowest BCUT2D eigenvalue weighted by Gasteiger charge is -2.13. The molecule has 22 heavy (non-hydrogen) atoms. The number of fused-ring (bicyclic) bond motifs is 1. The van der Waals surface area contributed by atoms with E-state index in [2.05, 4.69) is 22.2 Å². The molecule has 1 aromatic heterocycles. The summed E-state index contributed by atoms with van der Waals surface area (Å²) in [5.74, 6) is 1.45. The molecule has 1 aliphatic rings. The molecule has 116 valence electrons. The fraction of sp³-hybridized carbons (Fsp3) is 0.308. The zero-order chi connectivity index (χ0) is 14.8. The molecule has 1 aliphatic heterocycles. The molecule has 0 spiro atoms. The maximum absolute atomic E-state index is 10.9. The van der Waals surface area contributed by atoms with Gasteiger partial charge in [0.2, 0.25) is 5.16 Å². The Morgan fingerprint density at radius 1 is 1.41 bits per heavy atom. The first kappa shape index (κ1) is 16.6. The standard InChI is InChI=1S/C13H13N5O2S.BrH/c1-2-4-12-14-15-13-17(12)16-11(8-21-13)9-5-3-6-10(7-9)18(19)20;/h3,5-7H,2,4,8H2,1H3;1H. The molecule has 1 aromatic carbocycles. The van der Waals surface area contributed by atoms with Crippen molar-refractivity contribution in [2.45, 2.75) is 24.9 Å². The van der Waals surface area contributed by atoms with Gasteiger partial charge in [0, 0.05) is 29.9 Å². The zero-order valence-electron chi connectivity index (χ0n) is 11.8. The van der Waals surface area contributed by atoms with Gasteiger partial charge < -0.3 is 0 Å². The number of aromatic nitrogens is 3. The molecule has 0 bridgehead atoms. The number of halogens is 1. The molecule has 0 unspecified atom stereocenters. The highest BCUT2D eigenvalue weighted by molar-refractivity contribution is 8.93. The third kappa shape index (κ3) is 3.20. The number of rotatable bonds is 4. The van der Waals surface area contributed by atoms with Crippen LogP contribution in [-0.4, -0.2) is 31.3 Å². The summed E-state index contributed by atoms with van der Waals surface area (Å²) < 4.78 is 1.74. The summed E-state index contributed by atoms with van der Waals surface area (Å²) in [4.78, 5) is 10.5. The van der Waals surface area contributed by atoms with Gasteiger partial charge in [-0.05, 0) is 6.42 Å². The lowest BCUT2D eigenvalue weighted by atomic mass is 10.1. The van der Waals surface area contributed by atoms with Gasteiger partial charge in [-0.3, -0.25) is 10.1 Å². The molecule has 2 heterocycles. The van der Waals surface area contributed by atoms with E-state index in [9.17, 15) is 10.1 Å². The van der Waals surface area contributed by atoms with Gasteiger partial charge in [-0.1, -0.05) is 30.8 Å². The summed E-state index contributed by atoms with van der Waals surface area (Å²) in [6, 6.07) is 6.54. The maximum Gasteiger partial charge on any atom is 0.270 e. The second-order valence-electron chi connectivity index (χ2n) is 4.60. The summed E-state index contributed by atoms with van der Waals surface area (Å²) in [6.45, 7) is 2.07. The van der Waals surface area contributed by atoms with E-state index in [1.807, 2.05) is 6.07 Å². The summed E-state index contributed by atoms with van der Waals surface area (Å²) in [6.07, 6.45) is 1.77. The normalized spacial score (nSPS) is 13.0. The molecule has 3 rings (SSSR count). The molecule has 2 aromatic rings. The lowest BCUT2D eigenvalue weighted by Crippen LogP contribution is -2.14. The first-order valence-corrected chi connectivity index (χ1v) is 7.57. The minimum absolute atomic E-state index is 0. The van der Waals surface area contributed by atoms with Crippen molar-refractivity contribution in [2.24, 2.45) is 5.10 Å². The second kappa shape index (κ2) is 7.01. The van der Waals surface area contributed by atoms with E-state index in [1.54, 1.807) is 28.6 Å². The Balaban J connectivity index is 0.00000176. The Kier molecular flexibility index (Phi) is 5.30. The van der Waals surface area contributed by atoms with Crippen molar-refractivity contribution in [3.8, 4) is 0 Å². The van der Waals surface area contributed by atoms with Crippen molar-refractivity contribution < 1.29 is 4.92 Å². The Bertz CT molecular complexity index is 731. The molecule has 0 radical (unpaired) electrons. The van der Waals surface area contributed by atoms with Crippen molar-refractivity contribution in [1.29, 1.82) is 0 Å². The molecular weight excluding hydrogens is 370 g/mol. The predicted octanol–water partition coefficient (Wildman–Crippen LogP) is 3.07. The van der Waals surface area contributed by atoms with Crippen LogP contribution in [0.2, 0.25) is 0 Å². The van der Waals surface area contributed by atoms with Crippen LogP contribution >= 0.6 is 28.7 Å². The molecule has 0 saturated carbocycles. The van der Waals surface area contributed by atoms with E-state index >= 15 is 0 Å². The monoisotopic (exact) mass is 383 g/mol. The van der Waals surface area contributed by atoms with Crippen LogP contribution in [0.15, 0.2) is 34.5 Å². The topological polar surface area (TPSA) is 86.2 Å². The van der Waals surface area contributed by atoms with Crippen LogP contribution in [-0.2, 0) is 6.42 Å². The van der Waals surface area contributed by atoms with E-state index in [1.165, 1.54) is 6.07 Å². The van der Waals surface area contributed by atoms with Crippen molar-refractivity contribution in [3.05, 3.63) is 45.8 Å². The van der Waals surface area contributed by atoms with E-state index in [0.717, 1.165) is 35.1 Å². The number of aryl methyl sites for hydroxylation is 1. The van der Waals surface area contributed by atoms with Gasteiger partial charge in [0.15, 0.2) is 5.82 Å². The number of hydrogen-bond donors (Lipinski definition) is 0. The molecule has 0 aliphatic carbocycles.